The lowest BCUT2D eigenvalue weighted by molar-refractivity contribution is 0.418. The summed E-state index contributed by atoms with van der Waals surface area (Å²) in [6.45, 7) is 7.49. The lowest BCUT2D eigenvalue weighted by Gasteiger charge is -2.27. The number of aromatic nitrogens is 2. The van der Waals surface area contributed by atoms with E-state index < -0.39 is 0 Å². The van der Waals surface area contributed by atoms with Crippen LogP contribution in [0.15, 0.2) is 12.4 Å². The van der Waals surface area contributed by atoms with Gasteiger partial charge in [0.2, 0.25) is 0 Å². The summed E-state index contributed by atoms with van der Waals surface area (Å²) in [5.41, 5.74) is 2.74. The summed E-state index contributed by atoms with van der Waals surface area (Å²) in [6.07, 6.45) is 1.50. The van der Waals surface area contributed by atoms with Crippen molar-refractivity contribution in [1.29, 1.82) is 0 Å². The maximum atomic E-state index is 5.29. The summed E-state index contributed by atoms with van der Waals surface area (Å²) in [4.78, 5) is 10.2. The smallest absolute Gasteiger partial charge is 0.145 e. The number of hydrazine groups is 1. The molecule has 0 amide bonds. The Labute approximate surface area is 90.7 Å². The average molecular weight is 209 g/mol. The molecule has 1 aromatic heterocycles. The standard InChI is InChI=1S/C10H19N5/c1-10(2,3)6-15(4)9-5-8(14-11)12-7-13-9/h5,7H,6,11H2,1-4H3,(H,12,13,14). The molecule has 1 heterocycles. The molecule has 1 rings (SSSR count). The van der Waals surface area contributed by atoms with E-state index >= 15 is 0 Å². The minimum atomic E-state index is 0.232. The molecule has 0 spiro atoms. The first-order valence-electron chi connectivity index (χ1n) is 4.92. The van der Waals surface area contributed by atoms with E-state index in [1.807, 2.05) is 13.1 Å². The zero-order valence-corrected chi connectivity index (χ0v) is 9.78. The van der Waals surface area contributed by atoms with Gasteiger partial charge in [0.15, 0.2) is 0 Å². The normalized spacial score (nSPS) is 11.3. The van der Waals surface area contributed by atoms with Crippen LogP contribution in [-0.4, -0.2) is 23.6 Å². The topological polar surface area (TPSA) is 67.1 Å². The van der Waals surface area contributed by atoms with Gasteiger partial charge < -0.3 is 10.3 Å². The van der Waals surface area contributed by atoms with Gasteiger partial charge in [-0.25, -0.2) is 15.8 Å². The van der Waals surface area contributed by atoms with Gasteiger partial charge in [-0.05, 0) is 5.41 Å². The van der Waals surface area contributed by atoms with Crippen LogP contribution in [0.25, 0.3) is 0 Å². The quantitative estimate of drug-likeness (QED) is 0.579. The SMILES string of the molecule is CN(CC(C)(C)C)c1cc(NN)ncn1. The van der Waals surface area contributed by atoms with E-state index in [1.54, 1.807) is 0 Å². The number of nitrogens with one attached hydrogen (secondary N) is 1. The van der Waals surface area contributed by atoms with E-state index in [2.05, 4.69) is 41.1 Å². The molecular formula is C10H19N5. The van der Waals surface area contributed by atoms with Gasteiger partial charge in [-0.1, -0.05) is 20.8 Å². The van der Waals surface area contributed by atoms with Crippen LogP contribution in [-0.2, 0) is 0 Å². The van der Waals surface area contributed by atoms with Crippen LogP contribution >= 0.6 is 0 Å². The number of nitrogens with two attached hydrogens (primary N) is 1. The monoisotopic (exact) mass is 209 g/mol. The molecule has 84 valence electrons. The molecule has 0 fully saturated rings. The second-order valence-electron chi connectivity index (χ2n) is 4.82. The van der Waals surface area contributed by atoms with Crippen LogP contribution in [0.2, 0.25) is 0 Å². The first kappa shape index (κ1) is 11.7. The van der Waals surface area contributed by atoms with Crippen molar-refractivity contribution in [2.75, 3.05) is 23.9 Å². The van der Waals surface area contributed by atoms with Crippen molar-refractivity contribution in [3.8, 4) is 0 Å². The molecule has 0 aromatic carbocycles. The van der Waals surface area contributed by atoms with Gasteiger partial charge in [0.1, 0.15) is 18.0 Å². The van der Waals surface area contributed by atoms with E-state index in [0.29, 0.717) is 5.82 Å². The highest BCUT2D eigenvalue weighted by molar-refractivity contribution is 5.47. The predicted molar refractivity (Wildman–Crippen MR) is 62.6 cm³/mol. The maximum Gasteiger partial charge on any atom is 0.145 e. The van der Waals surface area contributed by atoms with Crippen molar-refractivity contribution >= 4 is 11.6 Å². The first-order valence-corrected chi connectivity index (χ1v) is 4.92. The largest absolute Gasteiger partial charge is 0.359 e. The molecule has 5 nitrogen and oxygen atoms in total. The lowest BCUT2D eigenvalue weighted by atomic mass is 9.96. The van der Waals surface area contributed by atoms with Gasteiger partial charge in [-0.15, -0.1) is 0 Å². The van der Waals surface area contributed by atoms with Gasteiger partial charge in [0.25, 0.3) is 0 Å². The van der Waals surface area contributed by atoms with Crippen molar-refractivity contribution in [3.05, 3.63) is 12.4 Å². The highest BCUT2D eigenvalue weighted by Crippen LogP contribution is 2.19. The molecule has 0 aliphatic rings. The van der Waals surface area contributed by atoms with Gasteiger partial charge >= 0.3 is 0 Å². The maximum absolute atomic E-state index is 5.29. The Morgan fingerprint density at radius 2 is 2.07 bits per heavy atom. The van der Waals surface area contributed by atoms with Crippen LogP contribution < -0.4 is 16.2 Å². The zero-order chi connectivity index (χ0) is 11.5. The molecule has 0 unspecified atom stereocenters. The number of anilines is 2. The second kappa shape index (κ2) is 4.44. The molecule has 0 saturated heterocycles. The van der Waals surface area contributed by atoms with Gasteiger partial charge in [0, 0.05) is 19.7 Å². The Morgan fingerprint density at radius 1 is 1.40 bits per heavy atom. The number of nitrogen functional groups attached to an aromatic ring is 1. The molecule has 0 atom stereocenters. The second-order valence-corrected chi connectivity index (χ2v) is 4.82. The Kier molecular flexibility index (Phi) is 3.47. The van der Waals surface area contributed by atoms with E-state index in [-0.39, 0.29) is 5.41 Å². The molecule has 0 saturated carbocycles. The molecule has 0 bridgehead atoms. The van der Waals surface area contributed by atoms with Crippen LogP contribution in [0, 0.1) is 5.41 Å². The van der Waals surface area contributed by atoms with Crippen molar-refractivity contribution in [2.24, 2.45) is 11.3 Å². The van der Waals surface area contributed by atoms with Crippen LogP contribution in [0.3, 0.4) is 0 Å². The number of hydrogen-bond acceptors (Lipinski definition) is 5. The van der Waals surface area contributed by atoms with Gasteiger partial charge in [-0.2, -0.15) is 0 Å². The van der Waals surface area contributed by atoms with E-state index in [0.717, 1.165) is 12.4 Å². The Hall–Kier alpha value is -1.36. The Balaban J connectivity index is 2.77. The average Bonchev–Trinajstić information content (AvgIpc) is 2.15. The number of hydrogen-bond donors (Lipinski definition) is 2. The molecule has 5 heteroatoms. The van der Waals surface area contributed by atoms with E-state index in [1.165, 1.54) is 6.33 Å². The summed E-state index contributed by atoms with van der Waals surface area (Å²) in [5.74, 6) is 6.78. The van der Waals surface area contributed by atoms with Crippen LogP contribution in [0.1, 0.15) is 20.8 Å². The third-order valence-electron chi connectivity index (χ3n) is 1.90. The summed E-state index contributed by atoms with van der Waals surface area (Å²) in [5, 5.41) is 0. The molecule has 0 radical (unpaired) electrons. The molecule has 0 aliphatic carbocycles. The first-order chi connectivity index (χ1) is 6.92. The molecule has 15 heavy (non-hydrogen) atoms. The molecule has 3 N–H and O–H groups in total. The fourth-order valence-corrected chi connectivity index (χ4v) is 1.43. The van der Waals surface area contributed by atoms with Crippen LogP contribution in [0.4, 0.5) is 11.6 Å². The van der Waals surface area contributed by atoms with E-state index in [9.17, 15) is 0 Å². The third kappa shape index (κ3) is 3.71. The Bertz CT molecular complexity index is 318. The van der Waals surface area contributed by atoms with Crippen molar-refractivity contribution in [1.82, 2.24) is 9.97 Å². The van der Waals surface area contributed by atoms with Gasteiger partial charge in [-0.3, -0.25) is 0 Å². The van der Waals surface area contributed by atoms with Crippen molar-refractivity contribution in [3.63, 3.8) is 0 Å². The minimum Gasteiger partial charge on any atom is -0.359 e. The highest BCUT2D eigenvalue weighted by atomic mass is 15.3. The summed E-state index contributed by atoms with van der Waals surface area (Å²) in [7, 11) is 2.01. The summed E-state index contributed by atoms with van der Waals surface area (Å²) in [6, 6.07) is 1.83. The lowest BCUT2D eigenvalue weighted by Crippen LogP contribution is -2.29. The van der Waals surface area contributed by atoms with E-state index in [4.69, 9.17) is 5.84 Å². The number of rotatable bonds is 3. The summed E-state index contributed by atoms with van der Waals surface area (Å²) < 4.78 is 0. The third-order valence-corrected chi connectivity index (χ3v) is 1.90. The molecular weight excluding hydrogens is 190 g/mol. The molecule has 0 aliphatic heterocycles. The highest BCUT2D eigenvalue weighted by Gasteiger charge is 2.14. The fraction of sp³-hybridized carbons (Fsp3) is 0.600. The minimum absolute atomic E-state index is 0.232. The Morgan fingerprint density at radius 3 is 2.60 bits per heavy atom. The zero-order valence-electron chi connectivity index (χ0n) is 9.78. The molecule has 1 aromatic rings. The van der Waals surface area contributed by atoms with Crippen LogP contribution in [0.5, 0.6) is 0 Å². The predicted octanol–water partition coefficient (Wildman–Crippen LogP) is 1.24. The number of nitrogens with zero attached hydrogens (tertiary/aromatic N) is 3. The van der Waals surface area contributed by atoms with Crippen molar-refractivity contribution in [2.45, 2.75) is 20.8 Å². The fourth-order valence-electron chi connectivity index (χ4n) is 1.43. The summed E-state index contributed by atoms with van der Waals surface area (Å²) >= 11 is 0. The van der Waals surface area contributed by atoms with Crippen molar-refractivity contribution < 1.29 is 0 Å². The van der Waals surface area contributed by atoms with Gasteiger partial charge in [0.05, 0.1) is 0 Å².